The highest BCUT2D eigenvalue weighted by Crippen LogP contribution is 2.10. The Labute approximate surface area is 136 Å². The third kappa shape index (κ3) is 5.94. The molecule has 0 aliphatic carbocycles. The van der Waals surface area contributed by atoms with Crippen LogP contribution < -0.4 is 5.32 Å². The van der Waals surface area contributed by atoms with E-state index in [1.165, 1.54) is 5.56 Å². The fourth-order valence-electron chi connectivity index (χ4n) is 2.13. The summed E-state index contributed by atoms with van der Waals surface area (Å²) in [5.74, 6) is -0.701. The molecular weight excluding hydrogens is 290 g/mol. The topological polar surface area (TPSA) is 55.4 Å². The van der Waals surface area contributed by atoms with Crippen molar-refractivity contribution < 1.29 is 14.3 Å². The molecule has 1 amide bonds. The molecule has 4 nitrogen and oxygen atoms in total. The summed E-state index contributed by atoms with van der Waals surface area (Å²) >= 11 is 0. The number of carbonyl (C=O) groups excluding carboxylic acids is 2. The lowest BCUT2D eigenvalue weighted by Gasteiger charge is -2.07. The van der Waals surface area contributed by atoms with Crippen LogP contribution in [0.2, 0.25) is 0 Å². The molecule has 0 aromatic heterocycles. The molecule has 1 N–H and O–H groups in total. The van der Waals surface area contributed by atoms with Crippen LogP contribution in [0, 0.1) is 0 Å². The Morgan fingerprint density at radius 3 is 2.30 bits per heavy atom. The van der Waals surface area contributed by atoms with Crippen molar-refractivity contribution in [1.29, 1.82) is 0 Å². The van der Waals surface area contributed by atoms with Gasteiger partial charge in [-0.25, -0.2) is 0 Å². The van der Waals surface area contributed by atoms with Gasteiger partial charge in [0, 0.05) is 12.1 Å². The molecular formula is C19H21NO3. The smallest absolute Gasteiger partial charge is 0.306 e. The molecule has 0 spiro atoms. The molecule has 0 bridgehead atoms. The first-order valence-electron chi connectivity index (χ1n) is 7.75. The van der Waals surface area contributed by atoms with E-state index in [-0.39, 0.29) is 24.9 Å². The van der Waals surface area contributed by atoms with Gasteiger partial charge in [-0.2, -0.15) is 0 Å². The van der Waals surface area contributed by atoms with Crippen LogP contribution in [0.25, 0.3) is 0 Å². The minimum atomic E-state index is -0.370. The molecule has 2 aromatic carbocycles. The van der Waals surface area contributed by atoms with E-state index >= 15 is 0 Å². The van der Waals surface area contributed by atoms with Crippen LogP contribution in [0.4, 0.5) is 5.69 Å². The van der Waals surface area contributed by atoms with E-state index in [1.807, 2.05) is 54.6 Å². The highest BCUT2D eigenvalue weighted by molar-refractivity contribution is 5.92. The van der Waals surface area contributed by atoms with Gasteiger partial charge in [0.15, 0.2) is 6.61 Å². The van der Waals surface area contributed by atoms with E-state index in [0.29, 0.717) is 12.1 Å². The molecule has 0 saturated carbocycles. The van der Waals surface area contributed by atoms with Crippen LogP contribution in [-0.2, 0) is 27.2 Å². The second-order valence-electron chi connectivity index (χ2n) is 5.24. The van der Waals surface area contributed by atoms with Gasteiger partial charge < -0.3 is 10.1 Å². The van der Waals surface area contributed by atoms with Gasteiger partial charge in [0.25, 0.3) is 5.91 Å². The van der Waals surface area contributed by atoms with E-state index in [0.717, 1.165) is 12.0 Å². The van der Waals surface area contributed by atoms with Gasteiger partial charge in [-0.05, 0) is 36.1 Å². The zero-order valence-electron chi connectivity index (χ0n) is 13.2. The molecule has 0 aliphatic heterocycles. The molecule has 4 heteroatoms. The Morgan fingerprint density at radius 2 is 1.65 bits per heavy atom. The average Bonchev–Trinajstić information content (AvgIpc) is 2.60. The third-order valence-electron chi connectivity index (χ3n) is 3.47. The standard InChI is InChI=1S/C19H21NO3/c1-2-15-8-11-17(12-9-15)20-18(21)14-23-19(22)13-10-16-6-4-3-5-7-16/h3-9,11-12H,2,10,13-14H2,1H3,(H,20,21). The zero-order chi connectivity index (χ0) is 16.5. The van der Waals surface area contributed by atoms with Crippen molar-refractivity contribution in [2.24, 2.45) is 0 Å². The lowest BCUT2D eigenvalue weighted by atomic mass is 10.1. The molecule has 0 atom stereocenters. The van der Waals surface area contributed by atoms with Crippen LogP contribution in [0.1, 0.15) is 24.5 Å². The monoisotopic (exact) mass is 311 g/mol. The lowest BCUT2D eigenvalue weighted by Crippen LogP contribution is -2.21. The van der Waals surface area contributed by atoms with E-state index in [1.54, 1.807) is 0 Å². The molecule has 0 aliphatic rings. The van der Waals surface area contributed by atoms with E-state index in [9.17, 15) is 9.59 Å². The summed E-state index contributed by atoms with van der Waals surface area (Å²) in [4.78, 5) is 23.4. The lowest BCUT2D eigenvalue weighted by molar-refractivity contribution is -0.147. The molecule has 0 heterocycles. The maximum Gasteiger partial charge on any atom is 0.306 e. The number of hydrogen-bond acceptors (Lipinski definition) is 3. The number of hydrogen-bond donors (Lipinski definition) is 1. The normalized spacial score (nSPS) is 10.1. The van der Waals surface area contributed by atoms with Crippen molar-refractivity contribution >= 4 is 17.6 Å². The van der Waals surface area contributed by atoms with Gasteiger partial charge >= 0.3 is 5.97 Å². The molecule has 0 saturated heterocycles. The van der Waals surface area contributed by atoms with Crippen LogP contribution >= 0.6 is 0 Å². The van der Waals surface area contributed by atoms with Gasteiger partial charge in [-0.1, -0.05) is 49.4 Å². The predicted molar refractivity (Wildman–Crippen MR) is 90.2 cm³/mol. The Morgan fingerprint density at radius 1 is 0.957 bits per heavy atom. The second kappa shape index (κ2) is 8.73. The number of nitrogens with one attached hydrogen (secondary N) is 1. The summed E-state index contributed by atoms with van der Waals surface area (Å²) in [6.07, 6.45) is 1.83. The maximum atomic E-state index is 11.8. The highest BCUT2D eigenvalue weighted by atomic mass is 16.5. The van der Waals surface area contributed by atoms with Gasteiger partial charge in [0.05, 0.1) is 0 Å². The molecule has 120 valence electrons. The van der Waals surface area contributed by atoms with Crippen molar-refractivity contribution in [2.75, 3.05) is 11.9 Å². The quantitative estimate of drug-likeness (QED) is 0.798. The van der Waals surface area contributed by atoms with Gasteiger partial charge in [0.1, 0.15) is 0 Å². The zero-order valence-corrected chi connectivity index (χ0v) is 13.2. The Hall–Kier alpha value is -2.62. The first-order chi connectivity index (χ1) is 11.2. The molecule has 2 aromatic rings. The first-order valence-corrected chi connectivity index (χ1v) is 7.75. The number of amides is 1. The van der Waals surface area contributed by atoms with Crippen molar-refractivity contribution in [3.05, 3.63) is 65.7 Å². The second-order valence-corrected chi connectivity index (χ2v) is 5.24. The summed E-state index contributed by atoms with van der Waals surface area (Å²) in [5, 5.41) is 2.71. The molecule has 2 rings (SSSR count). The molecule has 0 fully saturated rings. The number of ether oxygens (including phenoxy) is 1. The number of benzene rings is 2. The summed E-state index contributed by atoms with van der Waals surface area (Å²) in [5.41, 5.74) is 2.98. The van der Waals surface area contributed by atoms with Gasteiger partial charge in [0.2, 0.25) is 0 Å². The van der Waals surface area contributed by atoms with Crippen LogP contribution in [0.5, 0.6) is 0 Å². The molecule has 23 heavy (non-hydrogen) atoms. The van der Waals surface area contributed by atoms with E-state index < -0.39 is 0 Å². The Bertz CT molecular complexity index is 635. The maximum absolute atomic E-state index is 11.8. The number of aryl methyl sites for hydroxylation is 2. The van der Waals surface area contributed by atoms with Crippen molar-refractivity contribution in [1.82, 2.24) is 0 Å². The van der Waals surface area contributed by atoms with Crippen molar-refractivity contribution in [3.63, 3.8) is 0 Å². The SMILES string of the molecule is CCc1ccc(NC(=O)COC(=O)CCc2ccccc2)cc1. The number of esters is 1. The van der Waals surface area contributed by atoms with E-state index in [4.69, 9.17) is 4.74 Å². The minimum Gasteiger partial charge on any atom is -0.456 e. The highest BCUT2D eigenvalue weighted by Gasteiger charge is 2.08. The number of anilines is 1. The number of rotatable bonds is 7. The van der Waals surface area contributed by atoms with Crippen molar-refractivity contribution in [2.45, 2.75) is 26.2 Å². The molecule has 0 radical (unpaired) electrons. The van der Waals surface area contributed by atoms with Crippen LogP contribution in [0.3, 0.4) is 0 Å². The first kappa shape index (κ1) is 16.7. The molecule has 0 unspecified atom stereocenters. The third-order valence-corrected chi connectivity index (χ3v) is 3.47. The number of carbonyl (C=O) groups is 2. The van der Waals surface area contributed by atoms with E-state index in [2.05, 4.69) is 12.2 Å². The van der Waals surface area contributed by atoms with Crippen LogP contribution in [-0.4, -0.2) is 18.5 Å². The van der Waals surface area contributed by atoms with Crippen molar-refractivity contribution in [3.8, 4) is 0 Å². The summed E-state index contributed by atoms with van der Waals surface area (Å²) in [6, 6.07) is 17.3. The fraction of sp³-hybridized carbons (Fsp3) is 0.263. The van der Waals surface area contributed by atoms with Gasteiger partial charge in [-0.3, -0.25) is 9.59 Å². The van der Waals surface area contributed by atoms with Gasteiger partial charge in [-0.15, -0.1) is 0 Å². The summed E-state index contributed by atoms with van der Waals surface area (Å²) in [6.45, 7) is 1.81. The largest absolute Gasteiger partial charge is 0.456 e. The minimum absolute atomic E-state index is 0.261. The summed E-state index contributed by atoms with van der Waals surface area (Å²) < 4.78 is 4.99. The predicted octanol–water partition coefficient (Wildman–Crippen LogP) is 3.36. The average molecular weight is 311 g/mol. The Balaban J connectivity index is 1.69. The Kier molecular flexibility index (Phi) is 6.36. The van der Waals surface area contributed by atoms with Crippen LogP contribution in [0.15, 0.2) is 54.6 Å². The summed E-state index contributed by atoms with van der Waals surface area (Å²) in [7, 11) is 0. The fourth-order valence-corrected chi connectivity index (χ4v) is 2.13.